The van der Waals surface area contributed by atoms with E-state index in [1.54, 1.807) is 42.6 Å². The lowest BCUT2D eigenvalue weighted by Gasteiger charge is -2.17. The number of hydrogen-bond donors (Lipinski definition) is 1. The highest BCUT2D eigenvalue weighted by Crippen LogP contribution is 2.29. The zero-order valence-corrected chi connectivity index (χ0v) is 14.3. The van der Waals surface area contributed by atoms with Crippen molar-refractivity contribution in [1.82, 2.24) is 4.98 Å². The fourth-order valence-electron chi connectivity index (χ4n) is 2.43. The van der Waals surface area contributed by atoms with E-state index in [0.29, 0.717) is 17.1 Å². The number of amides is 1. The van der Waals surface area contributed by atoms with Crippen molar-refractivity contribution >= 4 is 23.0 Å². The molecule has 0 bridgehead atoms. The maximum absolute atomic E-state index is 14.1. The molecular weight excluding hydrogens is 351 g/mol. The Kier molecular flexibility index (Phi) is 5.36. The normalized spacial score (nSPS) is 10.1. The van der Waals surface area contributed by atoms with E-state index in [2.05, 4.69) is 15.6 Å². The van der Waals surface area contributed by atoms with Crippen LogP contribution in [0, 0.1) is 10.7 Å². The first-order chi connectivity index (χ1) is 13.1. The van der Waals surface area contributed by atoms with Gasteiger partial charge in [-0.05, 0) is 54.6 Å². The zero-order valence-electron chi connectivity index (χ0n) is 14.3. The van der Waals surface area contributed by atoms with Crippen molar-refractivity contribution in [2.24, 2.45) is 5.29 Å². The van der Waals surface area contributed by atoms with E-state index in [1.165, 1.54) is 19.4 Å². The van der Waals surface area contributed by atoms with Crippen molar-refractivity contribution < 1.29 is 13.9 Å². The number of benzene rings is 2. The van der Waals surface area contributed by atoms with Crippen LogP contribution in [-0.4, -0.2) is 18.0 Å². The number of pyridine rings is 1. The molecule has 1 amide bonds. The number of nitroso groups, excluding NO2 is 1. The van der Waals surface area contributed by atoms with E-state index in [9.17, 15) is 14.1 Å². The van der Waals surface area contributed by atoms with Gasteiger partial charge in [0.05, 0.1) is 35.7 Å². The Labute approximate surface area is 154 Å². The number of anilines is 3. The Morgan fingerprint density at radius 2 is 1.93 bits per heavy atom. The highest BCUT2D eigenvalue weighted by Gasteiger charge is 2.16. The minimum atomic E-state index is -0.675. The predicted octanol–water partition coefficient (Wildman–Crippen LogP) is 4.30. The lowest BCUT2D eigenvalue weighted by Crippen LogP contribution is -2.14. The number of rotatable bonds is 6. The van der Waals surface area contributed by atoms with Crippen molar-refractivity contribution in [3.8, 4) is 5.75 Å². The van der Waals surface area contributed by atoms with E-state index in [-0.39, 0.29) is 11.3 Å². The van der Waals surface area contributed by atoms with Crippen LogP contribution in [0.4, 0.5) is 21.5 Å². The van der Waals surface area contributed by atoms with Crippen molar-refractivity contribution in [2.75, 3.05) is 17.4 Å². The first-order valence-electron chi connectivity index (χ1n) is 7.90. The molecule has 1 aromatic heterocycles. The Morgan fingerprint density at radius 3 is 2.56 bits per heavy atom. The molecular formula is C19H15FN4O3. The molecule has 0 saturated heterocycles. The summed E-state index contributed by atoms with van der Waals surface area (Å²) in [4.78, 5) is 27.7. The molecule has 0 spiro atoms. The number of halogens is 1. The fraction of sp³-hybridized carbons (Fsp3) is 0.0526. The zero-order chi connectivity index (χ0) is 19.2. The van der Waals surface area contributed by atoms with Crippen LogP contribution in [-0.2, 0) is 0 Å². The highest BCUT2D eigenvalue weighted by atomic mass is 19.1. The molecule has 0 aliphatic carbocycles. The van der Waals surface area contributed by atoms with E-state index in [0.717, 1.165) is 17.1 Å². The van der Waals surface area contributed by atoms with Gasteiger partial charge in [-0.25, -0.2) is 4.39 Å². The summed E-state index contributed by atoms with van der Waals surface area (Å²) in [6, 6.07) is 13.4. The number of nitrogens with one attached hydrogen (secondary N) is 1. The summed E-state index contributed by atoms with van der Waals surface area (Å²) in [6.07, 6.45) is 3.03. The third-order valence-corrected chi connectivity index (χ3v) is 3.71. The van der Waals surface area contributed by atoms with Crippen LogP contribution in [0.5, 0.6) is 5.75 Å². The van der Waals surface area contributed by atoms with Crippen LogP contribution in [0.25, 0.3) is 0 Å². The van der Waals surface area contributed by atoms with Crippen LogP contribution >= 0.6 is 0 Å². The minimum Gasteiger partial charge on any atom is -0.497 e. The second-order valence-corrected chi connectivity index (χ2v) is 5.49. The number of methoxy groups -OCH3 is 1. The molecule has 0 saturated carbocycles. The Morgan fingerprint density at radius 1 is 1.15 bits per heavy atom. The lowest BCUT2D eigenvalue weighted by atomic mass is 10.1. The fourth-order valence-corrected chi connectivity index (χ4v) is 2.43. The molecule has 1 N–H and O–H groups in total. The summed E-state index contributed by atoms with van der Waals surface area (Å²) in [5, 5.41) is 6.55. The standard InChI is InChI=1S/C19H15FN4O3/c1-27-18-6-4-16(5-7-18)24(23-26)17-10-13(9-14(20)11-17)19(25)22-15-3-2-8-21-12-15/h2-12H,1H3,(H,22,25). The van der Waals surface area contributed by atoms with Crippen LogP contribution in [0.2, 0.25) is 0 Å². The number of hydrogen-bond acceptors (Lipinski definition) is 5. The van der Waals surface area contributed by atoms with E-state index in [4.69, 9.17) is 4.74 Å². The average molecular weight is 366 g/mol. The van der Waals surface area contributed by atoms with E-state index >= 15 is 0 Å². The Bertz CT molecular complexity index is 949. The minimum absolute atomic E-state index is 0.0380. The predicted molar refractivity (Wildman–Crippen MR) is 99.5 cm³/mol. The van der Waals surface area contributed by atoms with Crippen LogP contribution in [0.1, 0.15) is 10.4 Å². The summed E-state index contributed by atoms with van der Waals surface area (Å²) >= 11 is 0. The van der Waals surface area contributed by atoms with Gasteiger partial charge in [0.1, 0.15) is 11.6 Å². The highest BCUT2D eigenvalue weighted by molar-refractivity contribution is 6.04. The second-order valence-electron chi connectivity index (χ2n) is 5.49. The lowest BCUT2D eigenvalue weighted by molar-refractivity contribution is 0.102. The molecule has 27 heavy (non-hydrogen) atoms. The van der Waals surface area contributed by atoms with Crippen LogP contribution in [0.15, 0.2) is 72.3 Å². The van der Waals surface area contributed by atoms with Gasteiger partial charge in [-0.3, -0.25) is 9.78 Å². The van der Waals surface area contributed by atoms with E-state index in [1.807, 2.05) is 0 Å². The first-order valence-corrected chi connectivity index (χ1v) is 7.90. The molecule has 3 aromatic rings. The number of aromatic nitrogens is 1. The Balaban J connectivity index is 1.90. The van der Waals surface area contributed by atoms with Crippen molar-refractivity contribution in [1.29, 1.82) is 0 Å². The van der Waals surface area contributed by atoms with Crippen molar-refractivity contribution in [3.63, 3.8) is 0 Å². The summed E-state index contributed by atoms with van der Waals surface area (Å²) < 4.78 is 19.1. The summed E-state index contributed by atoms with van der Waals surface area (Å²) in [5.74, 6) is -0.615. The second kappa shape index (κ2) is 8.05. The molecule has 7 nitrogen and oxygen atoms in total. The van der Waals surface area contributed by atoms with Crippen molar-refractivity contribution in [3.05, 3.63) is 83.3 Å². The third kappa shape index (κ3) is 4.24. The van der Waals surface area contributed by atoms with Gasteiger partial charge >= 0.3 is 0 Å². The van der Waals surface area contributed by atoms with Gasteiger partial charge in [0.25, 0.3) is 5.91 Å². The number of nitrogens with zero attached hydrogens (tertiary/aromatic N) is 3. The molecule has 0 radical (unpaired) electrons. The molecule has 1 heterocycles. The van der Waals surface area contributed by atoms with Gasteiger partial charge in [-0.15, -0.1) is 4.91 Å². The topological polar surface area (TPSA) is 83.9 Å². The van der Waals surface area contributed by atoms with Gasteiger partial charge in [-0.1, -0.05) is 0 Å². The van der Waals surface area contributed by atoms with E-state index < -0.39 is 11.7 Å². The Hall–Kier alpha value is -3.81. The van der Waals surface area contributed by atoms with Crippen LogP contribution < -0.4 is 15.1 Å². The summed E-state index contributed by atoms with van der Waals surface area (Å²) in [5.41, 5.74) is 1.02. The molecule has 0 unspecified atom stereocenters. The van der Waals surface area contributed by atoms with Gasteiger partial charge < -0.3 is 10.1 Å². The molecule has 8 heteroatoms. The van der Waals surface area contributed by atoms with Gasteiger partial charge in [0.2, 0.25) is 0 Å². The molecule has 0 aliphatic heterocycles. The van der Waals surface area contributed by atoms with Gasteiger partial charge in [0, 0.05) is 11.8 Å². The third-order valence-electron chi connectivity index (χ3n) is 3.71. The molecule has 0 aliphatic rings. The number of ether oxygens (including phenoxy) is 1. The molecule has 136 valence electrons. The van der Waals surface area contributed by atoms with Gasteiger partial charge in [-0.2, -0.15) is 5.01 Å². The molecule has 2 aromatic carbocycles. The quantitative estimate of drug-likeness (QED) is 0.519. The largest absolute Gasteiger partial charge is 0.497 e. The smallest absolute Gasteiger partial charge is 0.255 e. The molecule has 3 rings (SSSR count). The maximum atomic E-state index is 14.1. The number of carbonyl (C=O) groups excluding carboxylic acids is 1. The van der Waals surface area contributed by atoms with Crippen LogP contribution in [0.3, 0.4) is 0 Å². The summed E-state index contributed by atoms with van der Waals surface area (Å²) in [6.45, 7) is 0. The molecule has 0 atom stereocenters. The monoisotopic (exact) mass is 366 g/mol. The SMILES string of the molecule is COc1ccc(N(N=O)c2cc(F)cc(C(=O)Nc3cccnc3)c2)cc1. The van der Waals surface area contributed by atoms with Gasteiger partial charge in [0.15, 0.2) is 0 Å². The first kappa shape index (κ1) is 18.0. The number of carbonyl (C=O) groups is 1. The maximum Gasteiger partial charge on any atom is 0.255 e. The molecule has 0 fully saturated rings. The summed E-state index contributed by atoms with van der Waals surface area (Å²) in [7, 11) is 1.52. The average Bonchev–Trinajstić information content (AvgIpc) is 2.69. The van der Waals surface area contributed by atoms with Crippen molar-refractivity contribution in [2.45, 2.75) is 0 Å².